The highest BCUT2D eigenvalue weighted by molar-refractivity contribution is 6.10. The molecule has 1 unspecified atom stereocenters. The normalized spacial score (nSPS) is 32.7. The zero-order valence-corrected chi connectivity index (χ0v) is 34.1. The highest BCUT2D eigenvalue weighted by atomic mass is 16.3. The zero-order chi connectivity index (χ0) is 40.6. The zero-order valence-electron chi connectivity index (χ0n) is 34.1. The quantitative estimate of drug-likeness (QED) is 0.108. The molecule has 8 atom stereocenters. The molecule has 6 aliphatic carbocycles. The Kier molecular flexibility index (Phi) is 8.93. The van der Waals surface area contributed by atoms with Crippen LogP contribution in [0.2, 0.25) is 0 Å². The Morgan fingerprint density at radius 1 is 0.712 bits per heavy atom. The van der Waals surface area contributed by atoms with E-state index in [-0.39, 0.29) is 35.6 Å². The Bertz CT molecular complexity index is 2490. The molecule has 0 aromatic heterocycles. The molecule has 6 nitrogen and oxygen atoms in total. The molecule has 6 heteroatoms. The number of aliphatic hydroxyl groups excluding tert-OH is 1. The maximum atomic E-state index is 15.3. The summed E-state index contributed by atoms with van der Waals surface area (Å²) in [5.41, 5.74) is 2.43. The van der Waals surface area contributed by atoms with Crippen molar-refractivity contribution >= 4 is 28.3 Å². The van der Waals surface area contributed by atoms with E-state index < -0.39 is 27.9 Å². The van der Waals surface area contributed by atoms with Gasteiger partial charge in [0.1, 0.15) is 0 Å². The van der Waals surface area contributed by atoms with Crippen molar-refractivity contribution in [2.45, 2.75) is 77.0 Å². The fraction of sp³-hybridized carbons (Fsp3) is 0.358. The van der Waals surface area contributed by atoms with E-state index >= 15 is 4.79 Å². The van der Waals surface area contributed by atoms with Gasteiger partial charge < -0.3 is 20.4 Å². The number of carbonyl (C=O) groups is 2. The van der Waals surface area contributed by atoms with Gasteiger partial charge in [-0.3, -0.25) is 4.79 Å². The molecular weight excluding hydrogens is 729 g/mol. The topological polar surface area (TPSA) is 89.9 Å². The summed E-state index contributed by atoms with van der Waals surface area (Å²) in [7, 11) is 0. The summed E-state index contributed by atoms with van der Waals surface area (Å²) in [5, 5.41) is 29.9. The Labute approximate surface area is 347 Å². The molecule has 300 valence electrons. The smallest absolute Gasteiger partial charge is 0.322 e. The third-order valence-corrected chi connectivity index (χ3v) is 16.2. The second kappa shape index (κ2) is 13.9. The average molecular weight is 783 g/mol. The van der Waals surface area contributed by atoms with Crippen LogP contribution in [0.5, 0.6) is 0 Å². The number of rotatable bonds is 8. The van der Waals surface area contributed by atoms with Gasteiger partial charge in [0.15, 0.2) is 5.78 Å². The van der Waals surface area contributed by atoms with E-state index in [9.17, 15) is 15.0 Å². The van der Waals surface area contributed by atoms with Crippen LogP contribution in [0.1, 0.15) is 74.7 Å². The van der Waals surface area contributed by atoms with Crippen LogP contribution in [-0.2, 0) is 6.54 Å². The van der Waals surface area contributed by atoms with Crippen molar-refractivity contribution in [3.63, 3.8) is 0 Å². The highest BCUT2D eigenvalue weighted by Crippen LogP contribution is 2.78. The highest BCUT2D eigenvalue weighted by Gasteiger charge is 2.74. The summed E-state index contributed by atoms with van der Waals surface area (Å²) in [6, 6.07) is 42.0. The number of hydrogen-bond acceptors (Lipinski definition) is 4. The summed E-state index contributed by atoms with van der Waals surface area (Å²) in [5.74, 6) is 0.181. The van der Waals surface area contributed by atoms with Gasteiger partial charge in [-0.2, -0.15) is 0 Å². The van der Waals surface area contributed by atoms with Crippen molar-refractivity contribution in [3.8, 4) is 11.1 Å². The van der Waals surface area contributed by atoms with Gasteiger partial charge in [0, 0.05) is 39.6 Å². The third kappa shape index (κ3) is 5.73. The lowest BCUT2D eigenvalue weighted by Crippen LogP contribution is -2.67. The molecule has 0 aliphatic heterocycles. The molecule has 3 saturated carbocycles. The van der Waals surface area contributed by atoms with Crippen molar-refractivity contribution in [1.29, 1.82) is 0 Å². The Hall–Kier alpha value is -5.30. The second-order valence-electron chi connectivity index (χ2n) is 18.9. The van der Waals surface area contributed by atoms with Gasteiger partial charge in [0.2, 0.25) is 0 Å². The van der Waals surface area contributed by atoms with E-state index in [1.54, 1.807) is 0 Å². The molecule has 5 aromatic rings. The number of ketones is 1. The fourth-order valence-electron chi connectivity index (χ4n) is 13.1. The van der Waals surface area contributed by atoms with Crippen LogP contribution in [0.25, 0.3) is 21.9 Å². The number of Topliss-reactive ketones (excluding diaryl/α,β-unsaturated/α-hetero) is 1. The molecule has 3 N–H and O–H groups in total. The summed E-state index contributed by atoms with van der Waals surface area (Å²) in [6.07, 6.45) is 11.7. The first-order valence-electron chi connectivity index (χ1n) is 21.6. The summed E-state index contributed by atoms with van der Waals surface area (Å²) < 4.78 is 0. The van der Waals surface area contributed by atoms with Gasteiger partial charge in [-0.05, 0) is 102 Å². The molecule has 0 saturated heterocycles. The van der Waals surface area contributed by atoms with Gasteiger partial charge in [0.05, 0.1) is 18.2 Å². The van der Waals surface area contributed by atoms with E-state index in [2.05, 4.69) is 73.8 Å². The standard InChI is InChI=1S/C53H54N2O4/c1-49-27-24-42(56)32-51(49)30-31-53(44(33-51)47(57)39-22-20-37(21-23-39)36-12-5-3-6-13-36)45(49)25-28-50(2)46(53)26-29-52(50,59)35-55(48(58)54-41-17-7-4-8-18-41)34-40-16-11-15-38-14-9-10-19-43(38)40/h3-23,30-31,33,42,45-46,56,59H,24-29,32,34-35H2,1-2H3,(H,54,58)/t42?,45-,46-,49-,50+,51+,52-,53-/m1/s1. The minimum absolute atomic E-state index is 0.0349. The minimum Gasteiger partial charge on any atom is -0.393 e. The van der Waals surface area contributed by atoms with E-state index in [4.69, 9.17) is 0 Å². The van der Waals surface area contributed by atoms with E-state index in [0.717, 1.165) is 65.1 Å². The van der Waals surface area contributed by atoms with Crippen molar-refractivity contribution in [2.75, 3.05) is 11.9 Å². The molecule has 2 amide bonds. The van der Waals surface area contributed by atoms with Crippen molar-refractivity contribution < 1.29 is 19.8 Å². The Morgan fingerprint density at radius 2 is 1.36 bits per heavy atom. The van der Waals surface area contributed by atoms with Gasteiger partial charge in [-0.25, -0.2) is 4.79 Å². The molecule has 6 aliphatic rings. The number of nitrogens with one attached hydrogen (secondary N) is 1. The Balaban J connectivity index is 1.04. The Morgan fingerprint density at radius 3 is 2.14 bits per heavy atom. The summed E-state index contributed by atoms with van der Waals surface area (Å²) >= 11 is 0. The predicted molar refractivity (Wildman–Crippen MR) is 235 cm³/mol. The SMILES string of the molecule is C[C@]12CC[C@H]3[C@]4(C=C[C@@]5(C=C4C(=O)c4ccc(-c6ccccc6)cc4)CC(O)CC[C@]35C)[C@@H]1CC[C@@]2(O)CN(Cc1cccc2ccccc12)C(=O)Nc1ccccc1. The first-order valence-corrected chi connectivity index (χ1v) is 21.6. The number of aliphatic hydroxyl groups is 2. The summed E-state index contributed by atoms with van der Waals surface area (Å²) in [6.45, 7) is 5.16. The monoisotopic (exact) mass is 782 g/mol. The van der Waals surface area contributed by atoms with Crippen LogP contribution in [0.3, 0.4) is 0 Å². The third-order valence-electron chi connectivity index (χ3n) is 16.2. The fourth-order valence-corrected chi connectivity index (χ4v) is 13.1. The van der Waals surface area contributed by atoms with Crippen molar-refractivity contribution in [2.24, 2.45) is 33.5 Å². The number of benzene rings is 5. The first kappa shape index (κ1) is 37.9. The lowest BCUT2D eigenvalue weighted by Gasteiger charge is -2.71. The second-order valence-corrected chi connectivity index (χ2v) is 18.9. The molecule has 11 rings (SSSR count). The molecular formula is C53H54N2O4. The number of nitrogens with zero attached hydrogens (tertiary/aromatic N) is 1. The van der Waals surface area contributed by atoms with Gasteiger partial charge in [-0.15, -0.1) is 0 Å². The van der Waals surface area contributed by atoms with Gasteiger partial charge >= 0.3 is 6.03 Å². The van der Waals surface area contributed by atoms with Crippen LogP contribution in [-0.4, -0.2) is 45.2 Å². The number of urea groups is 1. The molecule has 59 heavy (non-hydrogen) atoms. The van der Waals surface area contributed by atoms with Crippen LogP contribution in [0, 0.1) is 33.5 Å². The van der Waals surface area contributed by atoms with Gasteiger partial charge in [0.25, 0.3) is 0 Å². The molecule has 2 spiro atoms. The minimum atomic E-state index is -1.22. The lowest BCUT2D eigenvalue weighted by molar-refractivity contribution is -0.174. The van der Waals surface area contributed by atoms with E-state index in [1.807, 2.05) is 95.9 Å². The number of anilines is 1. The number of amides is 2. The van der Waals surface area contributed by atoms with Crippen molar-refractivity contribution in [3.05, 3.63) is 162 Å². The number of hydrogen-bond donors (Lipinski definition) is 3. The maximum absolute atomic E-state index is 15.3. The average Bonchev–Trinajstić information content (AvgIpc) is 3.53. The summed E-state index contributed by atoms with van der Waals surface area (Å²) in [4.78, 5) is 31.5. The molecule has 2 bridgehead atoms. The number of allylic oxidation sites excluding steroid dienone is 4. The number of carbonyl (C=O) groups excluding carboxylic acids is 2. The molecule has 0 radical (unpaired) electrons. The maximum Gasteiger partial charge on any atom is 0.322 e. The van der Waals surface area contributed by atoms with Crippen LogP contribution >= 0.6 is 0 Å². The lowest BCUT2D eigenvalue weighted by atomic mass is 9.32. The number of para-hydroxylation sites is 1. The van der Waals surface area contributed by atoms with E-state index in [1.165, 1.54) is 0 Å². The van der Waals surface area contributed by atoms with Crippen LogP contribution in [0.15, 0.2) is 151 Å². The van der Waals surface area contributed by atoms with Crippen LogP contribution < -0.4 is 5.32 Å². The largest absolute Gasteiger partial charge is 0.393 e. The van der Waals surface area contributed by atoms with Crippen LogP contribution in [0.4, 0.5) is 10.5 Å². The van der Waals surface area contributed by atoms with E-state index in [0.29, 0.717) is 30.6 Å². The molecule has 3 fully saturated rings. The van der Waals surface area contributed by atoms with Crippen molar-refractivity contribution in [1.82, 2.24) is 4.90 Å². The molecule has 5 aromatic carbocycles. The van der Waals surface area contributed by atoms with Gasteiger partial charge in [-0.1, -0.05) is 147 Å². The number of fused-ring (bicyclic) bond motifs is 2. The first-order chi connectivity index (χ1) is 28.5. The predicted octanol–water partition coefficient (Wildman–Crippen LogP) is 11.0. The molecule has 0 heterocycles.